The number of hydrogen-bond acceptors (Lipinski definition) is 9. The molecular weight excluding hydrogens is 658 g/mol. The molecule has 1 unspecified atom stereocenters. The van der Waals surface area contributed by atoms with Gasteiger partial charge in [0.25, 0.3) is 0 Å². The number of aliphatic hydroxyl groups excluding tert-OH is 1. The number of para-hydroxylation sites is 1. The first-order valence-electron chi connectivity index (χ1n) is 17.9. The van der Waals surface area contributed by atoms with Crippen molar-refractivity contribution < 1.29 is 28.3 Å². The van der Waals surface area contributed by atoms with Gasteiger partial charge in [-0.2, -0.15) is 0 Å². The summed E-state index contributed by atoms with van der Waals surface area (Å²) in [5.74, 6) is 0.0163. The van der Waals surface area contributed by atoms with Gasteiger partial charge in [-0.15, -0.1) is 0 Å². The number of nitrogens with zero attached hydrogens (tertiary/aromatic N) is 2. The highest BCUT2D eigenvalue weighted by Gasteiger charge is 2.43. The number of aromatic amines is 1. The Bertz CT molecular complexity index is 2370. The first-order valence-corrected chi connectivity index (χ1v) is 17.9. The van der Waals surface area contributed by atoms with Crippen molar-refractivity contribution >= 4 is 28.3 Å². The Balaban J connectivity index is 1.21. The number of ether oxygens (including phenoxy) is 1. The van der Waals surface area contributed by atoms with Gasteiger partial charge in [-0.1, -0.05) is 70.2 Å². The van der Waals surface area contributed by atoms with Crippen LogP contribution in [0.2, 0.25) is 0 Å². The van der Waals surface area contributed by atoms with Gasteiger partial charge in [0, 0.05) is 51.8 Å². The molecule has 0 fully saturated rings. The average molecular weight is 698 g/mol. The number of aromatic nitrogens is 3. The number of hydrogen-bond donors (Lipinski definition) is 4. The van der Waals surface area contributed by atoms with Gasteiger partial charge < -0.3 is 34.3 Å². The van der Waals surface area contributed by atoms with E-state index in [0.29, 0.717) is 17.3 Å². The van der Waals surface area contributed by atoms with Gasteiger partial charge in [0.2, 0.25) is 17.7 Å². The number of carbonyl (C=O) groups is 2. The highest BCUT2D eigenvalue weighted by Crippen LogP contribution is 2.53. The fourth-order valence-electron chi connectivity index (χ4n) is 7.96. The summed E-state index contributed by atoms with van der Waals surface area (Å²) in [6.45, 7) is 7.51. The van der Waals surface area contributed by atoms with Crippen LogP contribution in [0.1, 0.15) is 68.7 Å². The number of anilines is 1. The summed E-state index contributed by atoms with van der Waals surface area (Å²) in [5, 5.41) is 18.5. The summed E-state index contributed by atoms with van der Waals surface area (Å²) in [7, 11) is 0. The molecule has 1 amide bonds. The normalized spacial score (nSPS) is 20.9. The number of nitrogens with one attached hydrogen (secondary N) is 3. The highest BCUT2D eigenvalue weighted by molar-refractivity contribution is 6.07. The maximum absolute atomic E-state index is 14.2. The predicted octanol–water partition coefficient (Wildman–Crippen LogP) is 7.38. The lowest BCUT2D eigenvalue weighted by Gasteiger charge is -2.24. The van der Waals surface area contributed by atoms with Gasteiger partial charge in [-0.05, 0) is 47.1 Å². The highest BCUT2D eigenvalue weighted by atomic mass is 16.5. The molecule has 6 heterocycles. The van der Waals surface area contributed by atoms with Gasteiger partial charge >= 0.3 is 0 Å². The number of fused-ring (bicyclic) bond motifs is 8. The number of aliphatic hydroxyl groups is 1. The lowest BCUT2D eigenvalue weighted by Crippen LogP contribution is -2.39. The zero-order chi connectivity index (χ0) is 35.8. The van der Waals surface area contributed by atoms with Crippen LogP contribution in [0.5, 0.6) is 5.75 Å². The quantitative estimate of drug-likeness (QED) is 0.144. The molecule has 0 radical (unpaired) electrons. The molecule has 10 bridgehead atoms. The Hall–Kier alpha value is -5.68. The van der Waals surface area contributed by atoms with Crippen molar-refractivity contribution in [3.05, 3.63) is 95.8 Å². The molecule has 3 aliphatic heterocycles. The third-order valence-corrected chi connectivity index (χ3v) is 10.7. The number of Topliss-reactive ketones (excluding diaryl/α,β-unsaturated/α-hetero) is 1. The van der Waals surface area contributed by atoms with Crippen LogP contribution < -0.4 is 15.4 Å². The smallest absolute Gasteiger partial charge is 0.249 e. The van der Waals surface area contributed by atoms with Crippen molar-refractivity contribution in [2.24, 2.45) is 17.8 Å². The Morgan fingerprint density at radius 2 is 1.83 bits per heavy atom. The number of benzene rings is 3. The third kappa shape index (κ3) is 5.21. The van der Waals surface area contributed by atoms with Crippen molar-refractivity contribution in [2.45, 2.75) is 64.8 Å². The fraction of sp³-hybridized carbons (Fsp3) is 0.317. The zero-order valence-electron chi connectivity index (χ0n) is 29.3. The van der Waals surface area contributed by atoms with Crippen LogP contribution in [-0.2, 0) is 16.0 Å². The second-order valence-corrected chi connectivity index (χ2v) is 14.8. The summed E-state index contributed by atoms with van der Waals surface area (Å²) in [6, 6.07) is 17.9. The second kappa shape index (κ2) is 12.2. The summed E-state index contributed by atoms with van der Waals surface area (Å²) in [4.78, 5) is 40.2. The van der Waals surface area contributed by atoms with Crippen molar-refractivity contribution in [1.82, 2.24) is 20.3 Å². The maximum atomic E-state index is 14.2. The van der Waals surface area contributed by atoms with Gasteiger partial charge in [-0.3, -0.25) is 9.59 Å². The zero-order valence-corrected chi connectivity index (χ0v) is 29.3. The lowest BCUT2D eigenvalue weighted by atomic mass is 9.86. The molecule has 3 aliphatic rings. The first kappa shape index (κ1) is 32.2. The molecule has 4 N–H and O–H groups in total. The van der Waals surface area contributed by atoms with Gasteiger partial charge in [0.05, 0.1) is 12.1 Å². The summed E-state index contributed by atoms with van der Waals surface area (Å²) >= 11 is 0. The number of carbonyl (C=O) groups excluding carboxylic acids is 2. The molecule has 11 heteroatoms. The maximum Gasteiger partial charge on any atom is 0.249 e. The molecular formula is C41H39N5O6. The minimum Gasteiger partial charge on any atom is -0.469 e. The Morgan fingerprint density at radius 1 is 1.00 bits per heavy atom. The van der Waals surface area contributed by atoms with Crippen LogP contribution in [0.25, 0.3) is 44.9 Å². The van der Waals surface area contributed by atoms with Crippen molar-refractivity contribution in [1.29, 1.82) is 0 Å². The van der Waals surface area contributed by atoms with Gasteiger partial charge in [0.15, 0.2) is 23.5 Å². The number of H-pyrrole nitrogens is 1. The van der Waals surface area contributed by atoms with Gasteiger partial charge in [-0.25, -0.2) is 9.97 Å². The van der Waals surface area contributed by atoms with E-state index in [4.69, 9.17) is 18.6 Å². The summed E-state index contributed by atoms with van der Waals surface area (Å²) < 4.78 is 18.8. The van der Waals surface area contributed by atoms with Crippen LogP contribution in [0.15, 0.2) is 82.1 Å². The van der Waals surface area contributed by atoms with E-state index in [9.17, 15) is 14.7 Å². The molecule has 0 aliphatic carbocycles. The Kier molecular flexibility index (Phi) is 7.58. The van der Waals surface area contributed by atoms with E-state index in [1.165, 1.54) is 6.26 Å². The molecule has 3 aromatic carbocycles. The molecule has 9 rings (SSSR count). The molecule has 5 atom stereocenters. The fourth-order valence-corrected chi connectivity index (χ4v) is 7.96. The van der Waals surface area contributed by atoms with E-state index >= 15 is 0 Å². The first-order chi connectivity index (χ1) is 25.1. The Labute approximate surface area is 299 Å². The minimum absolute atomic E-state index is 0.0817. The summed E-state index contributed by atoms with van der Waals surface area (Å²) in [5.41, 5.74) is 8.30. The van der Waals surface area contributed by atoms with Crippen LogP contribution in [0, 0.1) is 17.8 Å². The second-order valence-electron chi connectivity index (χ2n) is 14.8. The molecule has 0 saturated heterocycles. The standard InChI is InChI=1S/C41H39N5O6/c1-19(2)35-41-44-29(18-50-41)39-43-17-32(52-39)27-16-42-28-10-6-7-23(33(27)28)24-8-5-9-25-34-26-14-21(11-12-31(26)51-40(34)46-36(24)25)13-22(38(49)45-35)15-30(47)37(48)20(3)4/h5-12,14,16-20,22,34-35,37,40,42,46,48H,13,15H2,1-4H3,(H,45,49)/t22-,34-,35+,37+,40?/m1/s1. The largest absolute Gasteiger partial charge is 0.469 e. The van der Waals surface area contributed by atoms with E-state index in [1.807, 2.05) is 44.3 Å². The van der Waals surface area contributed by atoms with Crippen LogP contribution in [-0.4, -0.2) is 44.1 Å². The summed E-state index contributed by atoms with van der Waals surface area (Å²) in [6.07, 6.45) is 3.78. The lowest BCUT2D eigenvalue weighted by molar-refractivity contribution is -0.135. The molecule has 3 aromatic heterocycles. The van der Waals surface area contributed by atoms with E-state index in [1.54, 1.807) is 20.0 Å². The molecule has 52 heavy (non-hydrogen) atoms. The van der Waals surface area contributed by atoms with Crippen molar-refractivity contribution in [2.75, 3.05) is 5.32 Å². The molecule has 0 spiro atoms. The number of ketones is 1. The molecule has 0 saturated carbocycles. The monoisotopic (exact) mass is 697 g/mol. The van der Waals surface area contributed by atoms with Crippen LogP contribution in [0.4, 0.5) is 5.69 Å². The van der Waals surface area contributed by atoms with E-state index < -0.39 is 18.1 Å². The third-order valence-electron chi connectivity index (χ3n) is 10.7. The van der Waals surface area contributed by atoms with E-state index in [2.05, 4.69) is 50.9 Å². The minimum atomic E-state index is -1.17. The number of oxazole rings is 2. The number of rotatable bonds is 5. The molecule has 11 nitrogen and oxygen atoms in total. The molecule has 6 aromatic rings. The predicted molar refractivity (Wildman–Crippen MR) is 194 cm³/mol. The SMILES string of the molecule is CC(C)[C@H](O)C(=O)C[C@H]1Cc2ccc3c(c2)[C@H]2c4cccc(c4NC2O3)-c2cccc3[nH]cc(c23)-c2cnc(o2)-c2coc(n2)[C@H](C(C)C)NC1=O. The number of amides is 1. The Morgan fingerprint density at radius 3 is 2.65 bits per heavy atom. The van der Waals surface area contributed by atoms with Gasteiger partial charge in [0.1, 0.15) is 24.2 Å². The van der Waals surface area contributed by atoms with Crippen LogP contribution >= 0.6 is 0 Å². The molecule has 264 valence electrons. The van der Waals surface area contributed by atoms with E-state index in [0.717, 1.165) is 55.7 Å². The topological polar surface area (TPSA) is 156 Å². The van der Waals surface area contributed by atoms with Crippen molar-refractivity contribution in [3.63, 3.8) is 0 Å². The van der Waals surface area contributed by atoms with E-state index in [-0.39, 0.29) is 54.4 Å². The average Bonchev–Trinajstić information content (AvgIpc) is 3.96. The van der Waals surface area contributed by atoms with Crippen molar-refractivity contribution in [3.8, 4) is 39.8 Å². The van der Waals surface area contributed by atoms with Crippen LogP contribution in [0.3, 0.4) is 0 Å².